The molecule has 0 spiro atoms. The number of nitrogens with zero attached hydrogens (tertiary/aromatic N) is 1. The Kier molecular flexibility index (Phi) is 5.01. The van der Waals surface area contributed by atoms with E-state index < -0.39 is 22.0 Å². The van der Waals surface area contributed by atoms with E-state index in [0.29, 0.717) is 5.69 Å². The van der Waals surface area contributed by atoms with Crippen LogP contribution >= 0.6 is 0 Å². The molecule has 1 amide bonds. The molecular weight excluding hydrogens is 460 g/mol. The van der Waals surface area contributed by atoms with Gasteiger partial charge in [0.05, 0.1) is 10.9 Å². The number of aromatic nitrogens is 2. The molecule has 1 aliphatic rings. The van der Waals surface area contributed by atoms with Gasteiger partial charge in [0.25, 0.3) is 5.91 Å². The first kappa shape index (κ1) is 21.6. The van der Waals surface area contributed by atoms with Crippen molar-refractivity contribution in [2.45, 2.75) is 16.9 Å². The Bertz CT molecular complexity index is 1690. The van der Waals surface area contributed by atoms with Crippen molar-refractivity contribution in [2.24, 2.45) is 7.05 Å². The summed E-state index contributed by atoms with van der Waals surface area (Å²) in [4.78, 5) is 16.6. The molecule has 0 aliphatic carbocycles. The van der Waals surface area contributed by atoms with Crippen LogP contribution in [0.25, 0.3) is 21.8 Å². The number of H-pyrrole nitrogens is 1. The minimum atomic E-state index is -3.84. The SMILES string of the molecule is Cn1cc([C@@H]2c3c([nH]c4ccccc34)C(=O)NC[C@H]2NS(=O)(=O)c2ccccc2)c2ccccc21. The number of carbonyl (C=O) groups excluding carboxylic acids is 1. The lowest BCUT2D eigenvalue weighted by Gasteiger charge is -2.26. The third-order valence-electron chi connectivity index (χ3n) is 6.79. The highest BCUT2D eigenvalue weighted by Crippen LogP contribution is 2.41. The maximum atomic E-state index is 13.4. The monoisotopic (exact) mass is 484 g/mol. The molecule has 1 aliphatic heterocycles. The summed E-state index contributed by atoms with van der Waals surface area (Å²) in [5.41, 5.74) is 4.10. The summed E-state index contributed by atoms with van der Waals surface area (Å²) < 4.78 is 31.8. The maximum absolute atomic E-state index is 13.4. The largest absolute Gasteiger partial charge is 0.350 e. The van der Waals surface area contributed by atoms with E-state index >= 15 is 0 Å². The Morgan fingerprint density at radius 3 is 2.40 bits per heavy atom. The summed E-state index contributed by atoms with van der Waals surface area (Å²) >= 11 is 0. The molecule has 176 valence electrons. The number of para-hydroxylation sites is 2. The van der Waals surface area contributed by atoms with Crippen LogP contribution in [-0.2, 0) is 17.1 Å². The summed E-state index contributed by atoms with van der Waals surface area (Å²) in [6.07, 6.45) is 2.04. The zero-order chi connectivity index (χ0) is 24.2. The highest BCUT2D eigenvalue weighted by Gasteiger charge is 2.38. The average Bonchev–Trinajstić information content (AvgIpc) is 3.38. The number of benzene rings is 3. The Morgan fingerprint density at radius 2 is 1.60 bits per heavy atom. The molecule has 0 saturated heterocycles. The number of fused-ring (bicyclic) bond motifs is 4. The highest BCUT2D eigenvalue weighted by molar-refractivity contribution is 7.89. The van der Waals surface area contributed by atoms with Gasteiger partial charge in [-0.05, 0) is 35.4 Å². The van der Waals surface area contributed by atoms with Crippen LogP contribution in [0.5, 0.6) is 0 Å². The normalized spacial score (nSPS) is 18.4. The fourth-order valence-corrected chi connectivity index (χ4v) is 6.52. The van der Waals surface area contributed by atoms with E-state index in [1.807, 2.05) is 66.3 Å². The van der Waals surface area contributed by atoms with Gasteiger partial charge in [-0.1, -0.05) is 54.6 Å². The molecule has 0 bridgehead atoms. The first-order chi connectivity index (χ1) is 16.9. The Hall–Kier alpha value is -3.88. The number of nitrogens with one attached hydrogen (secondary N) is 3. The van der Waals surface area contributed by atoms with E-state index in [4.69, 9.17) is 0 Å². The van der Waals surface area contributed by atoms with Gasteiger partial charge in [-0.15, -0.1) is 0 Å². The van der Waals surface area contributed by atoms with E-state index in [9.17, 15) is 13.2 Å². The number of aryl methyl sites for hydroxylation is 1. The van der Waals surface area contributed by atoms with Gasteiger partial charge in [-0.25, -0.2) is 13.1 Å². The zero-order valence-corrected chi connectivity index (χ0v) is 19.8. The molecule has 8 heteroatoms. The van der Waals surface area contributed by atoms with Crippen LogP contribution in [0.4, 0.5) is 0 Å². The standard InChI is InChI=1S/C27H24N4O3S/c1-31-16-20(18-11-6-8-14-23(18)31)24-22(30-35(33,34)17-9-3-2-4-10-17)15-28-27(32)26-25(24)19-12-5-7-13-21(19)29-26/h2-14,16,22,24,29-30H,15H2,1H3,(H,28,32)/t22-,24+/m1/s1. The quantitative estimate of drug-likeness (QED) is 0.361. The third kappa shape index (κ3) is 3.53. The van der Waals surface area contributed by atoms with E-state index in [2.05, 4.69) is 15.0 Å². The van der Waals surface area contributed by atoms with Crippen LogP contribution in [0, 0.1) is 0 Å². The van der Waals surface area contributed by atoms with Crippen LogP contribution in [0.3, 0.4) is 0 Å². The van der Waals surface area contributed by atoms with Gasteiger partial charge in [0.15, 0.2) is 0 Å². The second kappa shape index (κ2) is 8.11. The topological polar surface area (TPSA) is 96.0 Å². The Balaban J connectivity index is 1.60. The molecule has 0 saturated carbocycles. The molecule has 3 N–H and O–H groups in total. The second-order valence-electron chi connectivity index (χ2n) is 8.90. The Morgan fingerprint density at radius 1 is 0.914 bits per heavy atom. The minimum Gasteiger partial charge on any atom is -0.350 e. The molecular formula is C27H24N4O3S. The van der Waals surface area contributed by atoms with Gasteiger partial charge in [0.2, 0.25) is 10.0 Å². The fourth-order valence-electron chi connectivity index (χ4n) is 5.25. The molecule has 0 fully saturated rings. The van der Waals surface area contributed by atoms with Gasteiger partial charge in [0, 0.05) is 47.5 Å². The summed E-state index contributed by atoms with van der Waals surface area (Å²) in [5.74, 6) is -0.660. The van der Waals surface area contributed by atoms with Crippen molar-refractivity contribution in [3.05, 3.63) is 102 Å². The van der Waals surface area contributed by atoms with Gasteiger partial charge in [-0.2, -0.15) is 0 Å². The maximum Gasteiger partial charge on any atom is 0.268 e. The lowest BCUT2D eigenvalue weighted by atomic mass is 9.84. The number of hydrogen-bond acceptors (Lipinski definition) is 3. The van der Waals surface area contributed by atoms with Crippen molar-refractivity contribution in [2.75, 3.05) is 6.54 Å². The van der Waals surface area contributed by atoms with Crippen molar-refractivity contribution in [1.29, 1.82) is 0 Å². The second-order valence-corrected chi connectivity index (χ2v) is 10.6. The summed E-state index contributed by atoms with van der Waals surface area (Å²) in [6, 6.07) is 23.5. The number of sulfonamides is 1. The first-order valence-corrected chi connectivity index (χ1v) is 12.9. The molecule has 3 heterocycles. The number of amides is 1. The van der Waals surface area contributed by atoms with Crippen molar-refractivity contribution in [1.82, 2.24) is 19.6 Å². The van der Waals surface area contributed by atoms with Gasteiger partial charge < -0.3 is 14.9 Å². The van der Waals surface area contributed by atoms with Crippen molar-refractivity contribution in [3.8, 4) is 0 Å². The first-order valence-electron chi connectivity index (χ1n) is 11.4. The molecule has 3 aromatic carbocycles. The lowest BCUT2D eigenvalue weighted by molar-refractivity contribution is 0.0950. The van der Waals surface area contributed by atoms with E-state index in [1.54, 1.807) is 30.3 Å². The highest BCUT2D eigenvalue weighted by atomic mass is 32.2. The smallest absolute Gasteiger partial charge is 0.268 e. The molecule has 2 atom stereocenters. The van der Waals surface area contributed by atoms with Crippen LogP contribution in [0.15, 0.2) is 90.0 Å². The predicted octanol–water partition coefficient (Wildman–Crippen LogP) is 3.88. The van der Waals surface area contributed by atoms with Crippen molar-refractivity contribution in [3.63, 3.8) is 0 Å². The van der Waals surface area contributed by atoms with E-state index in [0.717, 1.165) is 32.9 Å². The van der Waals surface area contributed by atoms with Gasteiger partial charge in [-0.3, -0.25) is 4.79 Å². The summed E-state index contributed by atoms with van der Waals surface area (Å²) in [6.45, 7) is 0.148. The Labute approximate surface area is 202 Å². The molecule has 2 aromatic heterocycles. The summed E-state index contributed by atoms with van der Waals surface area (Å²) in [7, 11) is -1.86. The van der Waals surface area contributed by atoms with E-state index in [1.165, 1.54) is 0 Å². The number of hydrogen-bond donors (Lipinski definition) is 3. The lowest BCUT2D eigenvalue weighted by Crippen LogP contribution is -2.45. The van der Waals surface area contributed by atoms with Gasteiger partial charge in [0.1, 0.15) is 5.69 Å². The predicted molar refractivity (Wildman–Crippen MR) is 136 cm³/mol. The molecule has 7 nitrogen and oxygen atoms in total. The van der Waals surface area contributed by atoms with Crippen molar-refractivity contribution < 1.29 is 13.2 Å². The van der Waals surface area contributed by atoms with Crippen LogP contribution in [0.1, 0.15) is 27.5 Å². The zero-order valence-electron chi connectivity index (χ0n) is 19.0. The number of rotatable bonds is 4. The fraction of sp³-hybridized carbons (Fsp3) is 0.148. The van der Waals surface area contributed by atoms with Crippen LogP contribution in [0.2, 0.25) is 0 Å². The number of aromatic amines is 1. The third-order valence-corrected chi connectivity index (χ3v) is 8.30. The van der Waals surface area contributed by atoms with Crippen LogP contribution < -0.4 is 10.0 Å². The minimum absolute atomic E-state index is 0.148. The molecule has 6 rings (SSSR count). The van der Waals surface area contributed by atoms with Gasteiger partial charge >= 0.3 is 0 Å². The molecule has 5 aromatic rings. The molecule has 0 radical (unpaired) electrons. The van der Waals surface area contributed by atoms with Crippen molar-refractivity contribution >= 4 is 37.7 Å². The van der Waals surface area contributed by atoms with Crippen LogP contribution in [-0.4, -0.2) is 36.5 Å². The number of carbonyl (C=O) groups is 1. The average molecular weight is 485 g/mol. The molecule has 0 unspecified atom stereocenters. The molecule has 35 heavy (non-hydrogen) atoms. The summed E-state index contributed by atoms with van der Waals surface area (Å²) in [5, 5.41) is 4.86. The van der Waals surface area contributed by atoms with E-state index in [-0.39, 0.29) is 17.3 Å².